The summed E-state index contributed by atoms with van der Waals surface area (Å²) in [5.74, 6) is -1.63. The molecule has 0 aliphatic heterocycles. The second-order valence-electron chi connectivity index (χ2n) is 3.64. The van der Waals surface area contributed by atoms with Crippen molar-refractivity contribution in [3.05, 3.63) is 39.7 Å². The van der Waals surface area contributed by atoms with Gasteiger partial charge in [-0.3, -0.25) is 14.9 Å². The monoisotopic (exact) mass is 251 g/mol. The van der Waals surface area contributed by atoms with Gasteiger partial charge in [-0.2, -0.15) is 5.26 Å². The van der Waals surface area contributed by atoms with E-state index in [0.717, 1.165) is 23.1 Å². The zero-order valence-electron chi connectivity index (χ0n) is 9.75. The highest BCUT2D eigenvalue weighted by Gasteiger charge is 2.22. The molecular weight excluding hydrogens is 241 g/mol. The quantitative estimate of drug-likeness (QED) is 0.604. The van der Waals surface area contributed by atoms with E-state index in [1.165, 1.54) is 14.0 Å². The Labute approximate surface area is 102 Å². The van der Waals surface area contributed by atoms with E-state index in [-0.39, 0.29) is 5.69 Å². The topological polar surface area (TPSA) is 87.2 Å². The molecule has 0 bridgehead atoms. The van der Waals surface area contributed by atoms with E-state index in [0.29, 0.717) is 0 Å². The molecule has 1 amide bonds. The molecule has 0 saturated heterocycles. The first kappa shape index (κ1) is 13.6. The third kappa shape index (κ3) is 2.60. The fourth-order valence-corrected chi connectivity index (χ4v) is 1.24. The van der Waals surface area contributed by atoms with E-state index >= 15 is 0 Å². The average Bonchev–Trinajstić information content (AvgIpc) is 2.36. The molecule has 1 aromatic carbocycles. The number of nitriles is 1. The predicted molar refractivity (Wildman–Crippen MR) is 60.2 cm³/mol. The third-order valence-corrected chi connectivity index (χ3v) is 2.48. The number of hydrogen-bond acceptors (Lipinski definition) is 4. The summed E-state index contributed by atoms with van der Waals surface area (Å²) in [6.45, 7) is 1.47. The van der Waals surface area contributed by atoms with Gasteiger partial charge in [-0.1, -0.05) is 0 Å². The number of non-ortho nitro benzene ring substituents is 1. The van der Waals surface area contributed by atoms with Gasteiger partial charge in [0.2, 0.25) is 0 Å². The second-order valence-corrected chi connectivity index (χ2v) is 3.64. The van der Waals surface area contributed by atoms with Gasteiger partial charge in [0.15, 0.2) is 0 Å². The van der Waals surface area contributed by atoms with Crippen LogP contribution < -0.4 is 0 Å². The largest absolute Gasteiger partial charge is 0.326 e. The molecule has 1 atom stereocenters. The van der Waals surface area contributed by atoms with Crippen LogP contribution in [0, 0.1) is 27.3 Å². The van der Waals surface area contributed by atoms with Crippen molar-refractivity contribution in [1.82, 2.24) is 4.90 Å². The van der Waals surface area contributed by atoms with Crippen LogP contribution in [0.25, 0.3) is 0 Å². The summed E-state index contributed by atoms with van der Waals surface area (Å²) in [5.41, 5.74) is -0.799. The third-order valence-electron chi connectivity index (χ3n) is 2.48. The first-order chi connectivity index (χ1) is 8.38. The number of nitro benzene ring substituents is 1. The van der Waals surface area contributed by atoms with Crippen molar-refractivity contribution in [2.45, 2.75) is 13.0 Å². The lowest BCUT2D eigenvalue weighted by molar-refractivity contribution is -0.384. The highest BCUT2D eigenvalue weighted by atomic mass is 19.1. The van der Waals surface area contributed by atoms with E-state index in [1.54, 1.807) is 0 Å². The van der Waals surface area contributed by atoms with Gasteiger partial charge in [0, 0.05) is 19.2 Å². The summed E-state index contributed by atoms with van der Waals surface area (Å²) in [6, 6.07) is 3.76. The number of amides is 1. The molecule has 0 radical (unpaired) electrons. The minimum atomic E-state index is -0.859. The summed E-state index contributed by atoms with van der Waals surface area (Å²) >= 11 is 0. The summed E-state index contributed by atoms with van der Waals surface area (Å²) in [7, 11) is 1.33. The van der Waals surface area contributed by atoms with Crippen molar-refractivity contribution >= 4 is 11.6 Å². The van der Waals surface area contributed by atoms with Crippen molar-refractivity contribution in [1.29, 1.82) is 5.26 Å². The van der Waals surface area contributed by atoms with Gasteiger partial charge in [0.05, 0.1) is 16.6 Å². The number of nitrogens with zero attached hydrogens (tertiary/aromatic N) is 3. The van der Waals surface area contributed by atoms with Crippen LogP contribution in [0.3, 0.4) is 0 Å². The molecule has 0 fully saturated rings. The molecule has 0 aliphatic rings. The van der Waals surface area contributed by atoms with Gasteiger partial charge in [-0.25, -0.2) is 4.39 Å². The number of halogens is 1. The van der Waals surface area contributed by atoms with Crippen LogP contribution in [-0.2, 0) is 0 Å². The lowest BCUT2D eigenvalue weighted by Crippen LogP contribution is -2.34. The van der Waals surface area contributed by atoms with Crippen LogP contribution in [0.1, 0.15) is 17.3 Å². The minimum Gasteiger partial charge on any atom is -0.326 e. The van der Waals surface area contributed by atoms with Gasteiger partial charge in [-0.05, 0) is 13.0 Å². The smallest absolute Gasteiger partial charge is 0.270 e. The van der Waals surface area contributed by atoms with Crippen molar-refractivity contribution in [3.63, 3.8) is 0 Å². The summed E-state index contributed by atoms with van der Waals surface area (Å²) in [5, 5.41) is 19.2. The molecule has 1 aromatic rings. The number of carbonyl (C=O) groups excluding carboxylic acids is 1. The van der Waals surface area contributed by atoms with Crippen LogP contribution in [0.5, 0.6) is 0 Å². The highest BCUT2D eigenvalue weighted by Crippen LogP contribution is 2.18. The van der Waals surface area contributed by atoms with Gasteiger partial charge in [0.25, 0.3) is 11.6 Å². The number of rotatable bonds is 3. The number of carbonyl (C=O) groups is 1. The maximum absolute atomic E-state index is 13.5. The Balaban J connectivity index is 3.17. The normalized spacial score (nSPS) is 11.4. The molecule has 0 heterocycles. The molecule has 6 nitrogen and oxygen atoms in total. The fraction of sp³-hybridized carbons (Fsp3) is 0.273. The molecule has 0 saturated carbocycles. The summed E-state index contributed by atoms with van der Waals surface area (Å²) in [4.78, 5) is 22.7. The van der Waals surface area contributed by atoms with Crippen molar-refractivity contribution in [2.24, 2.45) is 0 Å². The Morgan fingerprint density at radius 1 is 1.61 bits per heavy atom. The van der Waals surface area contributed by atoms with E-state index in [4.69, 9.17) is 5.26 Å². The minimum absolute atomic E-state index is 0.377. The summed E-state index contributed by atoms with van der Waals surface area (Å²) in [6.07, 6.45) is 0. The molecule has 0 spiro atoms. The van der Waals surface area contributed by atoms with Gasteiger partial charge < -0.3 is 4.90 Å². The molecule has 1 unspecified atom stereocenters. The van der Waals surface area contributed by atoms with Crippen LogP contribution in [-0.4, -0.2) is 28.8 Å². The van der Waals surface area contributed by atoms with E-state index in [9.17, 15) is 19.3 Å². The standard InChI is InChI=1S/C11H10FN3O3/c1-7(6-13)14(2)11(16)9-5-8(15(17)18)3-4-10(9)12/h3-5,7H,1-2H3. The van der Waals surface area contributed by atoms with Crippen LogP contribution >= 0.6 is 0 Å². The van der Waals surface area contributed by atoms with Crippen molar-refractivity contribution < 1.29 is 14.1 Å². The van der Waals surface area contributed by atoms with Crippen molar-refractivity contribution in [3.8, 4) is 6.07 Å². The Hall–Kier alpha value is -2.49. The van der Waals surface area contributed by atoms with E-state index in [1.807, 2.05) is 6.07 Å². The Kier molecular flexibility index (Phi) is 3.94. The molecule has 0 aliphatic carbocycles. The highest BCUT2D eigenvalue weighted by molar-refractivity contribution is 5.95. The first-order valence-corrected chi connectivity index (χ1v) is 4.99. The SMILES string of the molecule is CC(C#N)N(C)C(=O)c1cc([N+](=O)[O-])ccc1F. The molecular formula is C11H10FN3O3. The maximum Gasteiger partial charge on any atom is 0.270 e. The van der Waals surface area contributed by atoms with Crippen molar-refractivity contribution in [2.75, 3.05) is 7.05 Å². The number of hydrogen-bond donors (Lipinski definition) is 0. The fourth-order valence-electron chi connectivity index (χ4n) is 1.24. The van der Waals surface area contributed by atoms with Crippen LogP contribution in [0.15, 0.2) is 18.2 Å². The average molecular weight is 251 g/mol. The molecule has 94 valence electrons. The molecule has 18 heavy (non-hydrogen) atoms. The van der Waals surface area contributed by atoms with E-state index in [2.05, 4.69) is 0 Å². The lowest BCUT2D eigenvalue weighted by Gasteiger charge is -2.19. The number of benzene rings is 1. The van der Waals surface area contributed by atoms with Gasteiger partial charge in [-0.15, -0.1) is 0 Å². The Morgan fingerprint density at radius 3 is 2.72 bits per heavy atom. The molecule has 0 aromatic heterocycles. The first-order valence-electron chi connectivity index (χ1n) is 4.99. The van der Waals surface area contributed by atoms with Crippen LogP contribution in [0.4, 0.5) is 10.1 Å². The van der Waals surface area contributed by atoms with Gasteiger partial charge >= 0.3 is 0 Å². The molecule has 7 heteroatoms. The summed E-state index contributed by atoms with van der Waals surface area (Å²) < 4.78 is 13.5. The zero-order chi connectivity index (χ0) is 13.9. The number of nitro groups is 1. The van der Waals surface area contributed by atoms with E-state index < -0.39 is 28.3 Å². The molecule has 0 N–H and O–H groups in total. The zero-order valence-corrected chi connectivity index (χ0v) is 9.75. The van der Waals surface area contributed by atoms with Gasteiger partial charge in [0.1, 0.15) is 11.9 Å². The second kappa shape index (κ2) is 5.23. The molecule has 1 rings (SSSR count). The maximum atomic E-state index is 13.5. The predicted octanol–water partition coefficient (Wildman–Crippen LogP) is 1.72. The van der Waals surface area contributed by atoms with Crippen LogP contribution in [0.2, 0.25) is 0 Å². The Bertz CT molecular complexity index is 539. The Morgan fingerprint density at radius 2 is 2.22 bits per heavy atom. The lowest BCUT2D eigenvalue weighted by atomic mass is 10.1.